The van der Waals surface area contributed by atoms with Crippen LogP contribution in [0.4, 0.5) is 11.4 Å². The van der Waals surface area contributed by atoms with Gasteiger partial charge in [0.15, 0.2) is 0 Å². The number of nitrogens with zero attached hydrogens (tertiary/aromatic N) is 3. The van der Waals surface area contributed by atoms with Crippen LogP contribution in [0.3, 0.4) is 0 Å². The minimum atomic E-state index is -0.283. The van der Waals surface area contributed by atoms with Crippen LogP contribution in [0, 0.1) is 25.2 Å². The van der Waals surface area contributed by atoms with Gasteiger partial charge in [0.2, 0.25) is 0 Å². The summed E-state index contributed by atoms with van der Waals surface area (Å²) in [4.78, 5) is 12.3. The van der Waals surface area contributed by atoms with E-state index in [4.69, 9.17) is 11.0 Å². The number of benzene rings is 1. The SMILES string of the molecule is Cc1nn(C)c(C)c1C(=O)Nc1ccc(N)cc1C#N. The second kappa shape index (κ2) is 5.05. The van der Waals surface area contributed by atoms with Gasteiger partial charge in [-0.15, -0.1) is 0 Å². The first-order valence-corrected chi connectivity index (χ1v) is 6.05. The Balaban J connectivity index is 2.36. The van der Waals surface area contributed by atoms with Gasteiger partial charge < -0.3 is 11.1 Å². The summed E-state index contributed by atoms with van der Waals surface area (Å²) in [6, 6.07) is 6.79. The lowest BCUT2D eigenvalue weighted by molar-refractivity contribution is 0.102. The standard InChI is InChI=1S/C14H15N5O/c1-8-13(9(2)19(3)18-8)14(20)17-12-5-4-11(16)6-10(12)7-15/h4-6H,16H2,1-3H3,(H,17,20). The first-order valence-electron chi connectivity index (χ1n) is 6.05. The predicted octanol–water partition coefficient (Wildman–Crippen LogP) is 1.74. The highest BCUT2D eigenvalue weighted by Gasteiger charge is 2.18. The number of anilines is 2. The van der Waals surface area contributed by atoms with E-state index < -0.39 is 0 Å². The fraction of sp³-hybridized carbons (Fsp3) is 0.214. The minimum Gasteiger partial charge on any atom is -0.399 e. The number of nitrogens with one attached hydrogen (secondary N) is 1. The van der Waals surface area contributed by atoms with E-state index in [1.165, 1.54) is 6.07 Å². The van der Waals surface area contributed by atoms with Gasteiger partial charge in [0.25, 0.3) is 5.91 Å². The van der Waals surface area contributed by atoms with Crippen molar-refractivity contribution < 1.29 is 4.79 Å². The van der Waals surface area contributed by atoms with E-state index >= 15 is 0 Å². The zero-order valence-electron chi connectivity index (χ0n) is 11.6. The fourth-order valence-corrected chi connectivity index (χ4v) is 2.05. The van der Waals surface area contributed by atoms with Crippen LogP contribution in [0.25, 0.3) is 0 Å². The van der Waals surface area contributed by atoms with Crippen molar-refractivity contribution >= 4 is 17.3 Å². The molecule has 102 valence electrons. The highest BCUT2D eigenvalue weighted by atomic mass is 16.1. The van der Waals surface area contributed by atoms with E-state index in [0.29, 0.717) is 28.2 Å². The largest absolute Gasteiger partial charge is 0.399 e. The molecule has 0 bridgehead atoms. The number of carbonyl (C=O) groups excluding carboxylic acids is 1. The number of hydrogen-bond donors (Lipinski definition) is 2. The van der Waals surface area contributed by atoms with Crippen LogP contribution in [0.2, 0.25) is 0 Å². The molecular weight excluding hydrogens is 254 g/mol. The molecule has 0 atom stereocenters. The Morgan fingerprint density at radius 1 is 1.45 bits per heavy atom. The molecule has 0 saturated carbocycles. The monoisotopic (exact) mass is 269 g/mol. The zero-order chi connectivity index (χ0) is 14.9. The molecule has 0 saturated heterocycles. The Morgan fingerprint density at radius 3 is 2.70 bits per heavy atom. The summed E-state index contributed by atoms with van der Waals surface area (Å²) < 4.78 is 1.65. The van der Waals surface area contributed by atoms with Gasteiger partial charge in [-0.05, 0) is 32.0 Å². The van der Waals surface area contributed by atoms with E-state index in [1.807, 2.05) is 13.0 Å². The second-order valence-electron chi connectivity index (χ2n) is 4.54. The third-order valence-corrected chi connectivity index (χ3v) is 3.15. The lowest BCUT2D eigenvalue weighted by atomic mass is 10.1. The van der Waals surface area contributed by atoms with Gasteiger partial charge in [-0.3, -0.25) is 9.48 Å². The molecule has 0 aliphatic rings. The molecule has 2 rings (SSSR count). The topological polar surface area (TPSA) is 96.7 Å². The summed E-state index contributed by atoms with van der Waals surface area (Å²) in [7, 11) is 1.78. The molecule has 0 fully saturated rings. The van der Waals surface area contributed by atoms with Gasteiger partial charge in [-0.25, -0.2) is 0 Å². The van der Waals surface area contributed by atoms with E-state index in [0.717, 1.165) is 5.69 Å². The Kier molecular flexibility index (Phi) is 3.44. The smallest absolute Gasteiger partial charge is 0.259 e. The van der Waals surface area contributed by atoms with Crippen LogP contribution >= 0.6 is 0 Å². The Labute approximate surface area is 116 Å². The molecule has 0 unspecified atom stereocenters. The molecule has 20 heavy (non-hydrogen) atoms. The van der Waals surface area contributed by atoms with Gasteiger partial charge in [0.05, 0.1) is 22.5 Å². The van der Waals surface area contributed by atoms with Crippen LogP contribution in [0.15, 0.2) is 18.2 Å². The molecule has 6 nitrogen and oxygen atoms in total. The maximum atomic E-state index is 12.3. The summed E-state index contributed by atoms with van der Waals surface area (Å²) in [6.07, 6.45) is 0. The quantitative estimate of drug-likeness (QED) is 0.811. The van der Waals surface area contributed by atoms with Crippen molar-refractivity contribution in [2.75, 3.05) is 11.1 Å². The summed E-state index contributed by atoms with van der Waals surface area (Å²) in [5.41, 5.74) is 8.81. The number of aromatic nitrogens is 2. The van der Waals surface area contributed by atoms with Crippen molar-refractivity contribution in [1.82, 2.24) is 9.78 Å². The number of nitrogens with two attached hydrogens (primary N) is 1. The molecule has 1 aromatic carbocycles. The number of nitriles is 1. The van der Waals surface area contributed by atoms with Crippen molar-refractivity contribution in [3.8, 4) is 6.07 Å². The van der Waals surface area contributed by atoms with Gasteiger partial charge in [-0.1, -0.05) is 0 Å². The normalized spacial score (nSPS) is 10.1. The Morgan fingerprint density at radius 2 is 2.15 bits per heavy atom. The van der Waals surface area contributed by atoms with Gasteiger partial charge >= 0.3 is 0 Å². The number of nitrogen functional groups attached to an aromatic ring is 1. The van der Waals surface area contributed by atoms with Gasteiger partial charge in [0, 0.05) is 18.4 Å². The average molecular weight is 269 g/mol. The molecule has 0 spiro atoms. The summed E-state index contributed by atoms with van der Waals surface area (Å²) in [5.74, 6) is -0.283. The third-order valence-electron chi connectivity index (χ3n) is 3.15. The Hall–Kier alpha value is -2.81. The number of aryl methyl sites for hydroxylation is 2. The molecule has 3 N–H and O–H groups in total. The van der Waals surface area contributed by atoms with Crippen molar-refractivity contribution in [2.24, 2.45) is 7.05 Å². The molecule has 0 radical (unpaired) electrons. The maximum Gasteiger partial charge on any atom is 0.259 e. The second-order valence-corrected chi connectivity index (χ2v) is 4.54. The lowest BCUT2D eigenvalue weighted by Gasteiger charge is -2.08. The molecule has 1 heterocycles. The highest BCUT2D eigenvalue weighted by molar-refractivity contribution is 6.06. The molecule has 0 aliphatic carbocycles. The van der Waals surface area contributed by atoms with Crippen LogP contribution in [-0.2, 0) is 7.05 Å². The van der Waals surface area contributed by atoms with Crippen molar-refractivity contribution in [3.63, 3.8) is 0 Å². The van der Waals surface area contributed by atoms with Crippen LogP contribution in [0.5, 0.6) is 0 Å². The van der Waals surface area contributed by atoms with Gasteiger partial charge in [-0.2, -0.15) is 10.4 Å². The zero-order valence-corrected chi connectivity index (χ0v) is 11.6. The molecule has 1 amide bonds. The summed E-state index contributed by atoms with van der Waals surface area (Å²) >= 11 is 0. The molecule has 6 heteroatoms. The highest BCUT2D eigenvalue weighted by Crippen LogP contribution is 2.20. The molecule has 2 aromatic rings. The number of rotatable bonds is 2. The van der Waals surface area contributed by atoms with Crippen molar-refractivity contribution in [3.05, 3.63) is 40.7 Å². The first-order chi connectivity index (χ1) is 9.43. The van der Waals surface area contributed by atoms with E-state index in [1.54, 1.807) is 30.8 Å². The van der Waals surface area contributed by atoms with E-state index in [-0.39, 0.29) is 5.91 Å². The molecule has 1 aromatic heterocycles. The lowest BCUT2D eigenvalue weighted by Crippen LogP contribution is -2.15. The molecule has 0 aliphatic heterocycles. The van der Waals surface area contributed by atoms with Crippen molar-refractivity contribution in [1.29, 1.82) is 5.26 Å². The van der Waals surface area contributed by atoms with Crippen LogP contribution in [0.1, 0.15) is 27.3 Å². The van der Waals surface area contributed by atoms with E-state index in [2.05, 4.69) is 10.4 Å². The van der Waals surface area contributed by atoms with Crippen molar-refractivity contribution in [2.45, 2.75) is 13.8 Å². The third kappa shape index (κ3) is 2.34. The average Bonchev–Trinajstić information content (AvgIpc) is 2.65. The number of carbonyl (C=O) groups is 1. The van der Waals surface area contributed by atoms with E-state index in [9.17, 15) is 4.79 Å². The minimum absolute atomic E-state index is 0.283. The number of amides is 1. The number of hydrogen-bond acceptors (Lipinski definition) is 4. The van der Waals surface area contributed by atoms with Crippen LogP contribution in [-0.4, -0.2) is 15.7 Å². The first kappa shape index (κ1) is 13.6. The Bertz CT molecular complexity index is 724. The molecular formula is C14H15N5O. The van der Waals surface area contributed by atoms with Crippen LogP contribution < -0.4 is 11.1 Å². The summed E-state index contributed by atoms with van der Waals surface area (Å²) in [5, 5.41) is 16.0. The summed E-state index contributed by atoms with van der Waals surface area (Å²) in [6.45, 7) is 3.60. The fourth-order valence-electron chi connectivity index (χ4n) is 2.05. The maximum absolute atomic E-state index is 12.3. The van der Waals surface area contributed by atoms with Gasteiger partial charge in [0.1, 0.15) is 6.07 Å². The predicted molar refractivity (Wildman–Crippen MR) is 76.2 cm³/mol.